The Kier molecular flexibility index (Phi) is 5.32. The molecule has 1 saturated heterocycles. The number of nitrogens with zero attached hydrogens (tertiary/aromatic N) is 3. The number of piperidine rings is 1. The summed E-state index contributed by atoms with van der Waals surface area (Å²) in [6.45, 7) is 4.48. The van der Waals surface area contributed by atoms with Crippen LogP contribution in [0.2, 0.25) is 0 Å². The highest BCUT2D eigenvalue weighted by molar-refractivity contribution is 5.79. The van der Waals surface area contributed by atoms with Gasteiger partial charge in [-0.3, -0.25) is 4.79 Å². The zero-order valence-electron chi connectivity index (χ0n) is 12.6. The number of hydrogen-bond acceptors (Lipinski definition) is 6. The van der Waals surface area contributed by atoms with Crippen LogP contribution in [0, 0.1) is 12.8 Å². The van der Waals surface area contributed by atoms with Crippen molar-refractivity contribution in [2.75, 3.05) is 38.2 Å². The van der Waals surface area contributed by atoms with Gasteiger partial charge in [0.25, 0.3) is 0 Å². The maximum Gasteiger partial charge on any atom is 0.224 e. The summed E-state index contributed by atoms with van der Waals surface area (Å²) in [6, 6.07) is 0. The van der Waals surface area contributed by atoms with Crippen molar-refractivity contribution < 1.29 is 9.53 Å². The molecule has 1 amide bonds. The van der Waals surface area contributed by atoms with Crippen LogP contribution < -0.4 is 20.7 Å². The molecule has 1 unspecified atom stereocenters. The molecule has 7 nitrogen and oxygen atoms in total. The summed E-state index contributed by atoms with van der Waals surface area (Å²) in [5.74, 6) is 1.47. The minimum atomic E-state index is -0.0225. The first-order valence-electron chi connectivity index (χ1n) is 7.25. The lowest BCUT2D eigenvalue weighted by atomic mass is 9.97. The lowest BCUT2D eigenvalue weighted by Crippen LogP contribution is -2.44. The molecule has 1 aromatic rings. The van der Waals surface area contributed by atoms with E-state index in [-0.39, 0.29) is 11.8 Å². The van der Waals surface area contributed by atoms with Crippen molar-refractivity contribution >= 4 is 11.7 Å². The highest BCUT2D eigenvalue weighted by Crippen LogP contribution is 2.27. The Morgan fingerprint density at radius 2 is 2.38 bits per heavy atom. The predicted octanol–water partition coefficient (Wildman–Crippen LogP) is 0.0849. The van der Waals surface area contributed by atoms with E-state index in [2.05, 4.69) is 20.2 Å². The second kappa shape index (κ2) is 7.21. The first kappa shape index (κ1) is 15.5. The van der Waals surface area contributed by atoms with Crippen LogP contribution in [0.4, 0.5) is 5.82 Å². The molecule has 7 heteroatoms. The average Bonchev–Trinajstić information content (AvgIpc) is 2.53. The van der Waals surface area contributed by atoms with Crippen molar-refractivity contribution in [2.24, 2.45) is 11.7 Å². The van der Waals surface area contributed by atoms with E-state index >= 15 is 0 Å². The molecule has 0 aliphatic carbocycles. The molecular formula is C14H23N5O2. The minimum absolute atomic E-state index is 0.0225. The fourth-order valence-electron chi connectivity index (χ4n) is 2.67. The van der Waals surface area contributed by atoms with E-state index in [0.717, 1.165) is 30.8 Å². The molecule has 2 heterocycles. The molecule has 0 spiro atoms. The van der Waals surface area contributed by atoms with Gasteiger partial charge in [0.2, 0.25) is 11.8 Å². The third-order valence-corrected chi connectivity index (χ3v) is 3.74. The van der Waals surface area contributed by atoms with Crippen molar-refractivity contribution in [1.82, 2.24) is 15.3 Å². The van der Waals surface area contributed by atoms with Gasteiger partial charge in [-0.05, 0) is 19.8 Å². The number of aromatic nitrogens is 2. The maximum absolute atomic E-state index is 12.1. The van der Waals surface area contributed by atoms with E-state index in [1.807, 2.05) is 6.92 Å². The van der Waals surface area contributed by atoms with Gasteiger partial charge in [0.05, 0.1) is 18.6 Å². The standard InChI is InChI=1S/C14H23N5O2/c1-10-12(17-9-18-14(10)21-2)19-7-3-4-11(8-19)13(20)16-6-5-15/h9,11H,3-8,15H2,1-2H3,(H,16,20). The number of carbonyl (C=O) groups is 1. The van der Waals surface area contributed by atoms with Gasteiger partial charge in [0, 0.05) is 26.2 Å². The van der Waals surface area contributed by atoms with E-state index in [0.29, 0.717) is 25.5 Å². The summed E-state index contributed by atoms with van der Waals surface area (Å²) in [6.07, 6.45) is 3.36. The van der Waals surface area contributed by atoms with Gasteiger partial charge in [-0.15, -0.1) is 0 Å². The van der Waals surface area contributed by atoms with Gasteiger partial charge in [0.15, 0.2) is 0 Å². The zero-order valence-corrected chi connectivity index (χ0v) is 12.6. The largest absolute Gasteiger partial charge is 0.481 e. The summed E-state index contributed by atoms with van der Waals surface area (Å²) < 4.78 is 5.23. The van der Waals surface area contributed by atoms with Crippen molar-refractivity contribution in [3.63, 3.8) is 0 Å². The summed E-state index contributed by atoms with van der Waals surface area (Å²) in [7, 11) is 1.60. The predicted molar refractivity (Wildman–Crippen MR) is 80.3 cm³/mol. The molecular weight excluding hydrogens is 270 g/mol. The van der Waals surface area contributed by atoms with Gasteiger partial charge in [0.1, 0.15) is 12.1 Å². The molecule has 1 aliphatic heterocycles. The van der Waals surface area contributed by atoms with Gasteiger partial charge >= 0.3 is 0 Å². The Balaban J connectivity index is 2.09. The van der Waals surface area contributed by atoms with Gasteiger partial charge in [-0.2, -0.15) is 0 Å². The lowest BCUT2D eigenvalue weighted by molar-refractivity contribution is -0.125. The van der Waals surface area contributed by atoms with Crippen molar-refractivity contribution in [3.05, 3.63) is 11.9 Å². The molecule has 1 atom stereocenters. The van der Waals surface area contributed by atoms with E-state index < -0.39 is 0 Å². The van der Waals surface area contributed by atoms with Crippen LogP contribution >= 0.6 is 0 Å². The summed E-state index contributed by atoms with van der Waals surface area (Å²) in [5.41, 5.74) is 6.33. The molecule has 0 bridgehead atoms. The Hall–Kier alpha value is -1.89. The molecule has 2 rings (SSSR count). The van der Waals surface area contributed by atoms with Gasteiger partial charge in [-0.25, -0.2) is 9.97 Å². The fraction of sp³-hybridized carbons (Fsp3) is 0.643. The summed E-state index contributed by atoms with van der Waals surface area (Å²) in [4.78, 5) is 22.7. The van der Waals surface area contributed by atoms with Crippen LogP contribution in [0.1, 0.15) is 18.4 Å². The molecule has 3 N–H and O–H groups in total. The average molecular weight is 293 g/mol. The van der Waals surface area contributed by atoms with E-state index in [1.165, 1.54) is 6.33 Å². The van der Waals surface area contributed by atoms with E-state index in [4.69, 9.17) is 10.5 Å². The lowest BCUT2D eigenvalue weighted by Gasteiger charge is -2.33. The number of methoxy groups -OCH3 is 1. The molecule has 0 aromatic carbocycles. The second-order valence-electron chi connectivity index (χ2n) is 5.20. The number of amides is 1. The van der Waals surface area contributed by atoms with Crippen LogP contribution in [-0.2, 0) is 4.79 Å². The summed E-state index contributed by atoms with van der Waals surface area (Å²) >= 11 is 0. The number of carbonyl (C=O) groups excluding carboxylic acids is 1. The molecule has 1 fully saturated rings. The quantitative estimate of drug-likeness (QED) is 0.799. The molecule has 0 saturated carbocycles. The molecule has 0 radical (unpaired) electrons. The topological polar surface area (TPSA) is 93.4 Å². The number of hydrogen-bond donors (Lipinski definition) is 2. The molecule has 1 aromatic heterocycles. The van der Waals surface area contributed by atoms with Crippen LogP contribution in [0.3, 0.4) is 0 Å². The van der Waals surface area contributed by atoms with Crippen LogP contribution in [0.15, 0.2) is 6.33 Å². The number of anilines is 1. The number of nitrogens with two attached hydrogens (primary N) is 1. The molecule has 1 aliphatic rings. The van der Waals surface area contributed by atoms with Crippen LogP contribution in [0.25, 0.3) is 0 Å². The first-order chi connectivity index (χ1) is 10.2. The van der Waals surface area contributed by atoms with Gasteiger partial charge < -0.3 is 20.7 Å². The van der Waals surface area contributed by atoms with E-state index in [9.17, 15) is 4.79 Å². The van der Waals surface area contributed by atoms with Crippen molar-refractivity contribution in [3.8, 4) is 5.88 Å². The van der Waals surface area contributed by atoms with Crippen LogP contribution in [-0.4, -0.2) is 49.2 Å². The Bertz CT molecular complexity index is 494. The summed E-state index contributed by atoms with van der Waals surface area (Å²) in [5, 5.41) is 2.86. The van der Waals surface area contributed by atoms with E-state index in [1.54, 1.807) is 7.11 Å². The first-order valence-corrected chi connectivity index (χ1v) is 7.25. The van der Waals surface area contributed by atoms with Crippen molar-refractivity contribution in [2.45, 2.75) is 19.8 Å². The zero-order chi connectivity index (χ0) is 15.2. The Morgan fingerprint density at radius 1 is 1.57 bits per heavy atom. The Labute approximate surface area is 124 Å². The SMILES string of the molecule is COc1ncnc(N2CCCC(C(=O)NCCN)C2)c1C. The fourth-order valence-corrected chi connectivity index (χ4v) is 2.67. The normalized spacial score (nSPS) is 18.4. The Morgan fingerprint density at radius 3 is 3.10 bits per heavy atom. The second-order valence-corrected chi connectivity index (χ2v) is 5.20. The highest BCUT2D eigenvalue weighted by Gasteiger charge is 2.27. The van der Waals surface area contributed by atoms with Gasteiger partial charge in [-0.1, -0.05) is 0 Å². The number of rotatable bonds is 5. The highest BCUT2D eigenvalue weighted by atomic mass is 16.5. The minimum Gasteiger partial charge on any atom is -0.481 e. The third-order valence-electron chi connectivity index (χ3n) is 3.74. The molecule has 116 valence electrons. The monoisotopic (exact) mass is 293 g/mol. The van der Waals surface area contributed by atoms with Crippen molar-refractivity contribution in [1.29, 1.82) is 0 Å². The van der Waals surface area contributed by atoms with Crippen LogP contribution in [0.5, 0.6) is 5.88 Å². The molecule has 21 heavy (non-hydrogen) atoms. The smallest absolute Gasteiger partial charge is 0.224 e. The maximum atomic E-state index is 12.1. The third kappa shape index (κ3) is 3.60. The number of nitrogens with one attached hydrogen (secondary N) is 1. The number of ether oxygens (including phenoxy) is 1.